The first-order valence-electron chi connectivity index (χ1n) is 3.36. The second-order valence-corrected chi connectivity index (χ2v) is 2.28. The Kier molecular flexibility index (Phi) is 5.42. The molecule has 0 unspecified atom stereocenters. The molecule has 0 saturated heterocycles. The first-order valence-corrected chi connectivity index (χ1v) is 4.30. The third-order valence-electron chi connectivity index (χ3n) is 0.922. The van der Waals surface area contributed by atoms with E-state index < -0.39 is 0 Å². The van der Waals surface area contributed by atoms with Crippen molar-refractivity contribution in [3.8, 4) is 0 Å². The Labute approximate surface area is 70.2 Å². The minimum Gasteiger partial charge on any atom is -0.290 e. The van der Waals surface area contributed by atoms with E-state index in [0.717, 1.165) is 0 Å². The number of hydrogen-bond donors (Lipinski definition) is 3. The normalized spacial score (nSPS) is 7.91. The van der Waals surface area contributed by atoms with Crippen molar-refractivity contribution in [2.45, 2.75) is 13.8 Å². The van der Waals surface area contributed by atoms with E-state index in [1.165, 1.54) is 11.3 Å². The molecule has 0 aliphatic carbocycles. The van der Waals surface area contributed by atoms with E-state index in [0.29, 0.717) is 5.56 Å². The summed E-state index contributed by atoms with van der Waals surface area (Å²) in [7, 11) is 0. The van der Waals surface area contributed by atoms with Gasteiger partial charge in [0.25, 0.3) is 0 Å². The summed E-state index contributed by atoms with van der Waals surface area (Å²) in [5.41, 5.74) is 2.47. The van der Waals surface area contributed by atoms with E-state index in [1.54, 1.807) is 16.9 Å². The van der Waals surface area contributed by atoms with Crippen molar-refractivity contribution in [2.24, 2.45) is 0 Å². The topological polar surface area (TPSA) is 56.1 Å². The fourth-order valence-electron chi connectivity index (χ4n) is 0.471. The summed E-state index contributed by atoms with van der Waals surface area (Å²) in [4.78, 5) is 0. The van der Waals surface area contributed by atoms with Crippen molar-refractivity contribution in [3.63, 3.8) is 0 Å². The molecule has 1 heterocycles. The van der Waals surface area contributed by atoms with Gasteiger partial charge < -0.3 is 0 Å². The molecule has 0 aromatic carbocycles. The fourth-order valence-corrected chi connectivity index (χ4v) is 1.12. The lowest BCUT2D eigenvalue weighted by Crippen LogP contribution is -2.17. The van der Waals surface area contributed by atoms with Gasteiger partial charge in [0.05, 0.1) is 0 Å². The molecule has 0 atom stereocenters. The van der Waals surface area contributed by atoms with Crippen LogP contribution in [0.25, 0.3) is 0 Å². The molecule has 0 saturated carbocycles. The van der Waals surface area contributed by atoms with Gasteiger partial charge in [-0.05, 0) is 11.4 Å². The lowest BCUT2D eigenvalue weighted by atomic mass is 10.3. The summed E-state index contributed by atoms with van der Waals surface area (Å²) in [5, 5.41) is 18.9. The van der Waals surface area contributed by atoms with Crippen LogP contribution in [0.5, 0.6) is 0 Å². The van der Waals surface area contributed by atoms with Gasteiger partial charge in [-0.25, -0.2) is 0 Å². The molecule has 1 rings (SSSR count). The lowest BCUT2D eigenvalue weighted by Gasteiger charge is -1.94. The molecule has 11 heavy (non-hydrogen) atoms. The van der Waals surface area contributed by atoms with Crippen LogP contribution >= 0.6 is 11.3 Å². The highest BCUT2D eigenvalue weighted by molar-refractivity contribution is 7.08. The van der Waals surface area contributed by atoms with Gasteiger partial charge in [0.1, 0.15) is 5.84 Å². The Morgan fingerprint density at radius 1 is 1.64 bits per heavy atom. The van der Waals surface area contributed by atoms with E-state index in [2.05, 4.69) is 0 Å². The summed E-state index contributed by atoms with van der Waals surface area (Å²) < 4.78 is 0. The molecular weight excluding hydrogens is 160 g/mol. The third kappa shape index (κ3) is 3.15. The molecule has 3 N–H and O–H groups in total. The molecule has 0 spiro atoms. The standard InChI is InChI=1S/C5H6N2OS.C2H6/c6-5(7-8)4-1-2-9-3-4;1-2/h1-3,8H,(H2,6,7);1-2H3. The minimum atomic E-state index is 0.0382. The molecule has 3 nitrogen and oxygen atoms in total. The van der Waals surface area contributed by atoms with Gasteiger partial charge in [0.15, 0.2) is 0 Å². The summed E-state index contributed by atoms with van der Waals surface area (Å²) in [6.45, 7) is 4.00. The largest absolute Gasteiger partial charge is 0.290 e. The van der Waals surface area contributed by atoms with Crippen molar-refractivity contribution in [1.29, 1.82) is 5.41 Å². The maximum atomic E-state index is 8.24. The Balaban J connectivity index is 0.000000461. The molecule has 0 radical (unpaired) electrons. The Bertz CT molecular complexity index is 196. The number of thiophene rings is 1. The zero-order chi connectivity index (χ0) is 8.69. The predicted octanol–water partition coefficient (Wildman–Crippen LogP) is 2.08. The average Bonchev–Trinajstić information content (AvgIpc) is 2.59. The lowest BCUT2D eigenvalue weighted by molar-refractivity contribution is 0.234. The minimum absolute atomic E-state index is 0.0382. The van der Waals surface area contributed by atoms with Gasteiger partial charge in [-0.15, -0.1) is 0 Å². The first kappa shape index (κ1) is 10.1. The van der Waals surface area contributed by atoms with Crippen molar-refractivity contribution in [2.75, 3.05) is 0 Å². The van der Waals surface area contributed by atoms with Crippen molar-refractivity contribution in [1.82, 2.24) is 5.48 Å². The average molecular weight is 172 g/mol. The van der Waals surface area contributed by atoms with Crippen LogP contribution in [-0.2, 0) is 0 Å². The summed E-state index contributed by atoms with van der Waals surface area (Å²) in [6, 6.07) is 1.76. The second kappa shape index (κ2) is 5.88. The summed E-state index contributed by atoms with van der Waals surface area (Å²) in [6.07, 6.45) is 0. The number of amidine groups is 1. The van der Waals surface area contributed by atoms with Gasteiger partial charge >= 0.3 is 0 Å². The second-order valence-electron chi connectivity index (χ2n) is 1.50. The smallest absolute Gasteiger partial charge is 0.150 e. The fraction of sp³-hybridized carbons (Fsp3) is 0.286. The molecule has 0 amide bonds. The predicted molar refractivity (Wildman–Crippen MR) is 47.4 cm³/mol. The van der Waals surface area contributed by atoms with Crippen molar-refractivity contribution in [3.05, 3.63) is 22.4 Å². The van der Waals surface area contributed by atoms with Crippen LogP contribution in [0, 0.1) is 5.41 Å². The molecule has 1 aromatic heterocycles. The number of nitrogens with one attached hydrogen (secondary N) is 2. The Morgan fingerprint density at radius 2 is 2.27 bits per heavy atom. The maximum absolute atomic E-state index is 8.24. The van der Waals surface area contributed by atoms with Crippen molar-refractivity contribution >= 4 is 17.2 Å². The number of hydroxylamine groups is 1. The maximum Gasteiger partial charge on any atom is 0.150 e. The van der Waals surface area contributed by atoms with Crippen LogP contribution < -0.4 is 5.48 Å². The Morgan fingerprint density at radius 3 is 2.64 bits per heavy atom. The molecule has 0 aliphatic heterocycles. The summed E-state index contributed by atoms with van der Waals surface area (Å²) >= 11 is 1.49. The highest BCUT2D eigenvalue weighted by atomic mass is 32.1. The highest BCUT2D eigenvalue weighted by Crippen LogP contribution is 2.04. The van der Waals surface area contributed by atoms with Crippen LogP contribution in [0.15, 0.2) is 16.8 Å². The monoisotopic (exact) mass is 172 g/mol. The Hall–Kier alpha value is -0.870. The van der Waals surface area contributed by atoms with Gasteiger partial charge in [-0.1, -0.05) is 13.8 Å². The van der Waals surface area contributed by atoms with Crippen LogP contribution in [0.1, 0.15) is 19.4 Å². The van der Waals surface area contributed by atoms with E-state index in [9.17, 15) is 0 Å². The van der Waals surface area contributed by atoms with Crippen LogP contribution in [0.4, 0.5) is 0 Å². The van der Waals surface area contributed by atoms with E-state index >= 15 is 0 Å². The van der Waals surface area contributed by atoms with Crippen molar-refractivity contribution < 1.29 is 5.21 Å². The third-order valence-corrected chi connectivity index (χ3v) is 1.60. The van der Waals surface area contributed by atoms with E-state index in [-0.39, 0.29) is 5.84 Å². The zero-order valence-corrected chi connectivity index (χ0v) is 7.40. The van der Waals surface area contributed by atoms with Gasteiger partial charge in [0, 0.05) is 10.9 Å². The van der Waals surface area contributed by atoms with Gasteiger partial charge in [-0.2, -0.15) is 11.3 Å². The van der Waals surface area contributed by atoms with Crippen LogP contribution in [-0.4, -0.2) is 11.0 Å². The summed E-state index contributed by atoms with van der Waals surface area (Å²) in [5.74, 6) is 0.0382. The quantitative estimate of drug-likeness (QED) is 0.345. The molecule has 0 bridgehead atoms. The van der Waals surface area contributed by atoms with E-state index in [1.807, 2.05) is 19.2 Å². The van der Waals surface area contributed by atoms with E-state index in [4.69, 9.17) is 10.6 Å². The number of hydrogen-bond acceptors (Lipinski definition) is 3. The molecule has 1 aromatic rings. The zero-order valence-electron chi connectivity index (χ0n) is 6.59. The molecule has 0 aliphatic rings. The highest BCUT2D eigenvalue weighted by Gasteiger charge is 1.96. The SMILES string of the molecule is CC.N=C(NO)c1ccsc1. The molecule has 4 heteroatoms. The molecule has 62 valence electrons. The number of rotatable bonds is 1. The van der Waals surface area contributed by atoms with Crippen LogP contribution in [0.2, 0.25) is 0 Å². The molecule has 0 fully saturated rings. The van der Waals surface area contributed by atoms with Crippen LogP contribution in [0.3, 0.4) is 0 Å². The molecular formula is C7H12N2OS. The van der Waals surface area contributed by atoms with Gasteiger partial charge in [-0.3, -0.25) is 16.1 Å². The van der Waals surface area contributed by atoms with Gasteiger partial charge in [0.2, 0.25) is 0 Å². The first-order chi connectivity index (χ1) is 5.34.